The number of likely N-dealkylation sites (N-methyl/N-ethyl adjacent to an activating group) is 1. The van der Waals surface area contributed by atoms with E-state index in [9.17, 15) is 4.79 Å². The molecule has 0 amide bonds. The summed E-state index contributed by atoms with van der Waals surface area (Å²) in [6, 6.07) is 7.34. The van der Waals surface area contributed by atoms with Crippen LogP contribution in [0.2, 0.25) is 0 Å². The molecule has 0 bridgehead atoms. The Morgan fingerprint density at radius 3 is 2.67 bits per heavy atom. The monoisotopic (exact) mass is 387 g/mol. The van der Waals surface area contributed by atoms with E-state index in [1.807, 2.05) is 31.2 Å². The highest BCUT2D eigenvalue weighted by atomic mass is 32.1. The van der Waals surface area contributed by atoms with Crippen LogP contribution < -0.4 is 25.8 Å². The summed E-state index contributed by atoms with van der Waals surface area (Å²) < 4.78 is 12.3. The van der Waals surface area contributed by atoms with Crippen LogP contribution in [-0.4, -0.2) is 29.9 Å². The standard InChI is InChI=1S/C19H22N4O3S/c1-3-25-12-4-6-13(7-5-12)26-11-16-21-18-17(19(24)23(16)20)14-8-9-22(2)10-15(14)27-18/h4-7H,3,8-11,20H2,1-2H3/p+1. The Hall–Kier alpha value is -2.58. The van der Waals surface area contributed by atoms with Crippen LogP contribution >= 0.6 is 11.3 Å². The minimum Gasteiger partial charge on any atom is -0.494 e. The molecule has 1 aromatic carbocycles. The van der Waals surface area contributed by atoms with Crippen LogP contribution in [0.3, 0.4) is 0 Å². The average molecular weight is 387 g/mol. The fourth-order valence-corrected chi connectivity index (χ4v) is 4.71. The zero-order chi connectivity index (χ0) is 19.0. The first kappa shape index (κ1) is 17.8. The number of aromatic nitrogens is 2. The highest BCUT2D eigenvalue weighted by molar-refractivity contribution is 7.18. The molecular formula is C19H23N4O3S+. The average Bonchev–Trinajstić information content (AvgIpc) is 3.02. The normalized spacial score (nSPS) is 16.3. The number of nitrogen functional groups attached to an aromatic ring is 1. The summed E-state index contributed by atoms with van der Waals surface area (Å²) in [4.78, 5) is 20.9. The van der Waals surface area contributed by atoms with Gasteiger partial charge in [0.15, 0.2) is 5.82 Å². The lowest BCUT2D eigenvalue weighted by Crippen LogP contribution is -3.08. The molecule has 0 fully saturated rings. The van der Waals surface area contributed by atoms with Crippen molar-refractivity contribution >= 4 is 21.6 Å². The largest absolute Gasteiger partial charge is 0.494 e. The first-order chi connectivity index (χ1) is 13.1. The Balaban J connectivity index is 1.60. The molecule has 0 radical (unpaired) electrons. The van der Waals surface area contributed by atoms with E-state index in [1.54, 1.807) is 11.3 Å². The lowest BCUT2D eigenvalue weighted by molar-refractivity contribution is -0.895. The Labute approximate surface area is 160 Å². The number of nitrogens with zero attached hydrogens (tertiary/aromatic N) is 2. The van der Waals surface area contributed by atoms with Gasteiger partial charge in [0.05, 0.1) is 30.5 Å². The summed E-state index contributed by atoms with van der Waals surface area (Å²) in [7, 11) is 2.16. The summed E-state index contributed by atoms with van der Waals surface area (Å²) in [5, 5.41) is 0.676. The minimum atomic E-state index is -0.192. The summed E-state index contributed by atoms with van der Waals surface area (Å²) in [5.41, 5.74) is 0.929. The number of fused-ring (bicyclic) bond motifs is 3. The molecule has 1 atom stereocenters. The van der Waals surface area contributed by atoms with Crippen molar-refractivity contribution in [3.05, 3.63) is 50.9 Å². The van der Waals surface area contributed by atoms with Crippen LogP contribution in [0.25, 0.3) is 10.2 Å². The second-order valence-electron chi connectivity index (χ2n) is 6.71. The van der Waals surface area contributed by atoms with Gasteiger partial charge < -0.3 is 20.2 Å². The van der Waals surface area contributed by atoms with Crippen LogP contribution in [0.1, 0.15) is 23.2 Å². The van der Waals surface area contributed by atoms with Gasteiger partial charge in [-0.1, -0.05) is 0 Å². The van der Waals surface area contributed by atoms with E-state index in [0.29, 0.717) is 23.6 Å². The predicted molar refractivity (Wildman–Crippen MR) is 105 cm³/mol. The summed E-state index contributed by atoms with van der Waals surface area (Å²) in [6.07, 6.45) is 0.889. The third kappa shape index (κ3) is 3.38. The van der Waals surface area contributed by atoms with Crippen molar-refractivity contribution in [1.29, 1.82) is 0 Å². The Morgan fingerprint density at radius 1 is 1.26 bits per heavy atom. The molecule has 0 saturated heterocycles. The van der Waals surface area contributed by atoms with E-state index in [4.69, 9.17) is 15.3 Å². The smallest absolute Gasteiger partial charge is 0.281 e. The van der Waals surface area contributed by atoms with Gasteiger partial charge in [0.1, 0.15) is 29.5 Å². The van der Waals surface area contributed by atoms with E-state index in [-0.39, 0.29) is 12.2 Å². The van der Waals surface area contributed by atoms with Gasteiger partial charge in [-0.25, -0.2) is 9.66 Å². The van der Waals surface area contributed by atoms with E-state index in [0.717, 1.165) is 40.3 Å². The molecule has 27 heavy (non-hydrogen) atoms. The van der Waals surface area contributed by atoms with Crippen molar-refractivity contribution in [2.24, 2.45) is 0 Å². The number of nitrogens with one attached hydrogen (secondary N) is 1. The zero-order valence-electron chi connectivity index (χ0n) is 15.4. The number of rotatable bonds is 5. The molecule has 3 N–H and O–H groups in total. The lowest BCUT2D eigenvalue weighted by atomic mass is 10.1. The summed E-state index contributed by atoms with van der Waals surface area (Å²) in [6.45, 7) is 4.63. The van der Waals surface area contributed by atoms with Crippen molar-refractivity contribution < 1.29 is 14.4 Å². The van der Waals surface area contributed by atoms with Crippen molar-refractivity contribution in [2.45, 2.75) is 26.5 Å². The first-order valence-corrected chi connectivity index (χ1v) is 9.86. The highest BCUT2D eigenvalue weighted by Crippen LogP contribution is 2.29. The number of quaternary nitrogens is 1. The predicted octanol–water partition coefficient (Wildman–Crippen LogP) is 0.720. The van der Waals surface area contributed by atoms with Crippen molar-refractivity contribution in [2.75, 3.05) is 26.0 Å². The first-order valence-electron chi connectivity index (χ1n) is 9.05. The molecule has 7 nitrogen and oxygen atoms in total. The molecule has 4 rings (SSSR count). The van der Waals surface area contributed by atoms with Crippen LogP contribution in [0.5, 0.6) is 11.5 Å². The number of hydrogen-bond donors (Lipinski definition) is 2. The third-order valence-corrected chi connectivity index (χ3v) is 5.91. The number of thiophene rings is 1. The number of hydrogen-bond acceptors (Lipinski definition) is 6. The summed E-state index contributed by atoms with van der Waals surface area (Å²) >= 11 is 1.60. The van der Waals surface area contributed by atoms with E-state index >= 15 is 0 Å². The van der Waals surface area contributed by atoms with Gasteiger partial charge in [-0.2, -0.15) is 0 Å². The van der Waals surface area contributed by atoms with Crippen LogP contribution in [-0.2, 0) is 19.6 Å². The van der Waals surface area contributed by atoms with Crippen molar-refractivity contribution in [3.63, 3.8) is 0 Å². The van der Waals surface area contributed by atoms with Gasteiger partial charge in [0, 0.05) is 6.42 Å². The van der Waals surface area contributed by atoms with E-state index < -0.39 is 0 Å². The molecule has 1 aliphatic heterocycles. The van der Waals surface area contributed by atoms with Crippen LogP contribution in [0.4, 0.5) is 0 Å². The topological polar surface area (TPSA) is 83.8 Å². The molecule has 2 aromatic heterocycles. The lowest BCUT2D eigenvalue weighted by Gasteiger charge is -2.19. The van der Waals surface area contributed by atoms with Crippen molar-refractivity contribution in [1.82, 2.24) is 9.66 Å². The molecule has 1 aliphatic rings. The molecule has 3 aromatic rings. The summed E-state index contributed by atoms with van der Waals surface area (Å²) in [5.74, 6) is 7.91. The molecule has 0 saturated carbocycles. The van der Waals surface area contributed by atoms with Gasteiger partial charge in [-0.05, 0) is 36.8 Å². The van der Waals surface area contributed by atoms with Crippen LogP contribution in [0, 0.1) is 0 Å². The van der Waals surface area contributed by atoms with Gasteiger partial charge in [0.2, 0.25) is 0 Å². The molecule has 1 unspecified atom stereocenters. The minimum absolute atomic E-state index is 0.128. The highest BCUT2D eigenvalue weighted by Gasteiger charge is 2.25. The zero-order valence-corrected chi connectivity index (χ0v) is 16.3. The molecule has 8 heteroatoms. The Bertz CT molecular complexity index is 1030. The Morgan fingerprint density at radius 2 is 1.96 bits per heavy atom. The third-order valence-electron chi connectivity index (χ3n) is 4.78. The fraction of sp³-hybridized carbons (Fsp3) is 0.368. The number of ether oxygens (including phenoxy) is 2. The van der Waals surface area contributed by atoms with Gasteiger partial charge in [-0.3, -0.25) is 4.79 Å². The van der Waals surface area contributed by atoms with E-state index in [1.165, 1.54) is 9.78 Å². The molecule has 0 aliphatic carbocycles. The molecule has 3 heterocycles. The van der Waals surface area contributed by atoms with E-state index in [2.05, 4.69) is 12.0 Å². The maximum Gasteiger partial charge on any atom is 0.281 e. The number of nitrogens with two attached hydrogens (primary N) is 1. The van der Waals surface area contributed by atoms with Gasteiger partial charge in [-0.15, -0.1) is 11.3 Å². The second-order valence-corrected chi connectivity index (χ2v) is 7.80. The molecular weight excluding hydrogens is 364 g/mol. The molecule has 142 valence electrons. The SMILES string of the molecule is CCOc1ccc(OCc2nc3sc4c(c3c(=O)n2N)CC[NH+](C)C4)cc1. The second kappa shape index (κ2) is 7.21. The Kier molecular flexibility index (Phi) is 4.75. The maximum absolute atomic E-state index is 12.8. The fourth-order valence-electron chi connectivity index (χ4n) is 3.36. The van der Waals surface area contributed by atoms with Gasteiger partial charge in [0.25, 0.3) is 5.56 Å². The van der Waals surface area contributed by atoms with Crippen molar-refractivity contribution in [3.8, 4) is 11.5 Å². The number of benzene rings is 1. The quantitative estimate of drug-likeness (QED) is 0.631. The maximum atomic E-state index is 12.8. The van der Waals surface area contributed by atoms with Crippen LogP contribution in [0.15, 0.2) is 29.1 Å². The van der Waals surface area contributed by atoms with Gasteiger partial charge >= 0.3 is 0 Å². The molecule has 0 spiro atoms.